The fourth-order valence-electron chi connectivity index (χ4n) is 2.62. The van der Waals surface area contributed by atoms with Crippen molar-refractivity contribution in [3.63, 3.8) is 0 Å². The van der Waals surface area contributed by atoms with Crippen molar-refractivity contribution in [3.8, 4) is 5.75 Å². The number of para-hydroxylation sites is 1. The molecule has 0 bridgehead atoms. The van der Waals surface area contributed by atoms with Gasteiger partial charge in [-0.3, -0.25) is 10.1 Å². The van der Waals surface area contributed by atoms with E-state index in [1.807, 2.05) is 29.2 Å². The van der Waals surface area contributed by atoms with Gasteiger partial charge in [0.05, 0.1) is 13.7 Å². The molecule has 1 unspecified atom stereocenters. The van der Waals surface area contributed by atoms with E-state index in [1.165, 1.54) is 11.1 Å². The maximum Gasteiger partial charge on any atom is 0.238 e. The third kappa shape index (κ3) is 2.66. The molecule has 1 aliphatic rings. The minimum atomic E-state index is -0.132. The molecule has 0 radical (unpaired) electrons. The molecule has 1 saturated heterocycles. The number of amides is 1. The normalized spacial score (nSPS) is 18.3. The van der Waals surface area contributed by atoms with Crippen LogP contribution >= 0.6 is 11.3 Å². The molecule has 1 aromatic heterocycles. The Balaban J connectivity index is 1.90. The quantitative estimate of drug-likeness (QED) is 0.944. The number of benzene rings is 1. The van der Waals surface area contributed by atoms with Gasteiger partial charge in [-0.05, 0) is 34.9 Å². The monoisotopic (exact) mass is 302 g/mol. The van der Waals surface area contributed by atoms with Gasteiger partial charge in [0, 0.05) is 12.1 Å². The molecule has 1 amide bonds. The molecule has 0 aliphatic carbocycles. The number of ether oxygens (including phenoxy) is 1. The van der Waals surface area contributed by atoms with E-state index < -0.39 is 0 Å². The largest absolute Gasteiger partial charge is 0.496 e. The van der Waals surface area contributed by atoms with Gasteiger partial charge in [0.1, 0.15) is 11.9 Å². The van der Waals surface area contributed by atoms with Crippen molar-refractivity contribution in [3.05, 3.63) is 51.7 Å². The second-order valence-electron chi connectivity index (χ2n) is 5.13. The van der Waals surface area contributed by atoms with Crippen molar-refractivity contribution in [2.24, 2.45) is 0 Å². The Morgan fingerprint density at radius 3 is 2.90 bits per heavy atom. The highest BCUT2D eigenvalue weighted by Crippen LogP contribution is 2.31. The summed E-state index contributed by atoms with van der Waals surface area (Å²) < 4.78 is 5.42. The molecule has 2 aromatic rings. The van der Waals surface area contributed by atoms with Gasteiger partial charge in [-0.25, -0.2) is 0 Å². The predicted octanol–water partition coefficient (Wildman–Crippen LogP) is 2.70. The second kappa shape index (κ2) is 5.87. The first-order valence-corrected chi connectivity index (χ1v) is 7.82. The van der Waals surface area contributed by atoms with E-state index in [-0.39, 0.29) is 12.1 Å². The van der Waals surface area contributed by atoms with Crippen LogP contribution in [0.25, 0.3) is 0 Å². The highest BCUT2D eigenvalue weighted by atomic mass is 32.1. The zero-order valence-corrected chi connectivity index (χ0v) is 12.9. The maximum atomic E-state index is 12.2. The van der Waals surface area contributed by atoms with Crippen molar-refractivity contribution < 1.29 is 9.53 Å². The highest BCUT2D eigenvalue weighted by molar-refractivity contribution is 7.08. The van der Waals surface area contributed by atoms with Gasteiger partial charge in [-0.15, -0.1) is 0 Å². The smallest absolute Gasteiger partial charge is 0.238 e. The van der Waals surface area contributed by atoms with Crippen molar-refractivity contribution in [1.82, 2.24) is 10.2 Å². The van der Waals surface area contributed by atoms with Crippen LogP contribution in [0, 0.1) is 6.92 Å². The lowest BCUT2D eigenvalue weighted by Gasteiger charge is -2.26. The third-order valence-corrected chi connectivity index (χ3v) is 4.72. The lowest BCUT2D eigenvalue weighted by molar-refractivity contribution is -0.128. The van der Waals surface area contributed by atoms with E-state index in [2.05, 4.69) is 23.0 Å². The summed E-state index contributed by atoms with van der Waals surface area (Å²) in [5, 5.41) is 7.50. The summed E-state index contributed by atoms with van der Waals surface area (Å²) in [7, 11) is 1.66. The molecule has 0 spiro atoms. The molecule has 110 valence electrons. The number of methoxy groups -OCH3 is 1. The first-order valence-electron chi connectivity index (χ1n) is 6.88. The zero-order chi connectivity index (χ0) is 14.8. The molecule has 1 aliphatic heterocycles. The zero-order valence-electron chi connectivity index (χ0n) is 12.1. The van der Waals surface area contributed by atoms with Gasteiger partial charge < -0.3 is 9.64 Å². The van der Waals surface area contributed by atoms with Crippen LogP contribution in [-0.4, -0.2) is 24.5 Å². The molecule has 1 aromatic carbocycles. The minimum absolute atomic E-state index is 0.122. The van der Waals surface area contributed by atoms with Crippen LogP contribution in [0.3, 0.4) is 0 Å². The average Bonchev–Trinajstić information content (AvgIpc) is 3.07. The molecular weight excluding hydrogens is 284 g/mol. The van der Waals surface area contributed by atoms with Crippen molar-refractivity contribution in [2.75, 3.05) is 13.7 Å². The standard InChI is InChI=1S/C16H18N2O2S/c1-11-9-21-10-12(11)8-18-15(19)7-17-16(18)13-5-3-4-6-14(13)20-2/h3-6,9-10,16-17H,7-8H2,1-2H3. The molecule has 1 atom stereocenters. The fourth-order valence-corrected chi connectivity index (χ4v) is 3.47. The molecule has 21 heavy (non-hydrogen) atoms. The molecule has 4 nitrogen and oxygen atoms in total. The number of rotatable bonds is 4. The van der Waals surface area contributed by atoms with Crippen LogP contribution in [0.15, 0.2) is 35.0 Å². The van der Waals surface area contributed by atoms with E-state index in [9.17, 15) is 4.79 Å². The Labute approximate surface area is 128 Å². The van der Waals surface area contributed by atoms with Gasteiger partial charge in [-0.2, -0.15) is 11.3 Å². The third-order valence-electron chi connectivity index (χ3n) is 3.81. The van der Waals surface area contributed by atoms with Crippen molar-refractivity contribution in [1.29, 1.82) is 0 Å². The van der Waals surface area contributed by atoms with Crippen LogP contribution in [0.4, 0.5) is 0 Å². The van der Waals surface area contributed by atoms with Crippen LogP contribution in [0.5, 0.6) is 5.75 Å². The topological polar surface area (TPSA) is 41.6 Å². The van der Waals surface area contributed by atoms with Crippen LogP contribution in [0.1, 0.15) is 22.9 Å². The number of nitrogens with zero attached hydrogens (tertiary/aromatic N) is 1. The molecule has 0 saturated carbocycles. The number of hydrogen-bond donors (Lipinski definition) is 1. The number of nitrogens with one attached hydrogen (secondary N) is 1. The van der Waals surface area contributed by atoms with Gasteiger partial charge >= 0.3 is 0 Å². The fraction of sp³-hybridized carbons (Fsp3) is 0.312. The van der Waals surface area contributed by atoms with Gasteiger partial charge in [-0.1, -0.05) is 18.2 Å². The number of carbonyl (C=O) groups is 1. The van der Waals surface area contributed by atoms with E-state index in [1.54, 1.807) is 18.4 Å². The Morgan fingerprint density at radius 1 is 1.38 bits per heavy atom. The molecule has 5 heteroatoms. The predicted molar refractivity (Wildman–Crippen MR) is 83.3 cm³/mol. The second-order valence-corrected chi connectivity index (χ2v) is 5.87. The Hall–Kier alpha value is -1.85. The summed E-state index contributed by atoms with van der Waals surface area (Å²) in [4.78, 5) is 14.1. The minimum Gasteiger partial charge on any atom is -0.496 e. The van der Waals surface area contributed by atoms with Gasteiger partial charge in [0.25, 0.3) is 0 Å². The van der Waals surface area contributed by atoms with Crippen molar-refractivity contribution >= 4 is 17.2 Å². The number of aryl methyl sites for hydroxylation is 1. The van der Waals surface area contributed by atoms with E-state index in [0.717, 1.165) is 11.3 Å². The van der Waals surface area contributed by atoms with E-state index >= 15 is 0 Å². The van der Waals surface area contributed by atoms with Gasteiger partial charge in [0.15, 0.2) is 0 Å². The summed E-state index contributed by atoms with van der Waals surface area (Å²) in [6, 6.07) is 7.83. The van der Waals surface area contributed by atoms with E-state index in [4.69, 9.17) is 4.74 Å². The SMILES string of the molecule is COc1ccccc1C1NCC(=O)N1Cc1cscc1C. The molecule has 1 N–H and O–H groups in total. The maximum absolute atomic E-state index is 12.2. The first kappa shape index (κ1) is 14.1. The molecule has 2 heterocycles. The van der Waals surface area contributed by atoms with Crippen LogP contribution in [-0.2, 0) is 11.3 Å². The Kier molecular flexibility index (Phi) is 3.94. The molecule has 3 rings (SSSR count). The summed E-state index contributed by atoms with van der Waals surface area (Å²) in [5.41, 5.74) is 3.44. The number of thiophene rings is 1. The lowest BCUT2D eigenvalue weighted by atomic mass is 10.1. The van der Waals surface area contributed by atoms with E-state index in [0.29, 0.717) is 13.1 Å². The highest BCUT2D eigenvalue weighted by Gasteiger charge is 2.33. The summed E-state index contributed by atoms with van der Waals surface area (Å²) >= 11 is 1.67. The van der Waals surface area contributed by atoms with Gasteiger partial charge in [0.2, 0.25) is 5.91 Å². The number of hydrogen-bond acceptors (Lipinski definition) is 4. The summed E-state index contributed by atoms with van der Waals surface area (Å²) in [5.74, 6) is 0.924. The van der Waals surface area contributed by atoms with Crippen LogP contribution in [0.2, 0.25) is 0 Å². The Bertz CT molecular complexity index is 653. The summed E-state index contributed by atoms with van der Waals surface area (Å²) in [6.07, 6.45) is -0.132. The molecule has 1 fully saturated rings. The first-order chi connectivity index (χ1) is 10.2. The Morgan fingerprint density at radius 2 is 2.19 bits per heavy atom. The molecular formula is C16H18N2O2S. The van der Waals surface area contributed by atoms with Crippen molar-refractivity contribution in [2.45, 2.75) is 19.6 Å². The average molecular weight is 302 g/mol. The lowest BCUT2D eigenvalue weighted by Crippen LogP contribution is -2.30. The summed E-state index contributed by atoms with van der Waals surface area (Å²) in [6.45, 7) is 3.08. The number of carbonyl (C=O) groups excluding carboxylic acids is 1. The van der Waals surface area contributed by atoms with Crippen LogP contribution < -0.4 is 10.1 Å².